The Morgan fingerprint density at radius 2 is 1.67 bits per heavy atom. The van der Waals surface area contributed by atoms with Crippen molar-refractivity contribution in [3.8, 4) is 11.5 Å². The molecule has 1 fully saturated rings. The lowest BCUT2D eigenvalue weighted by Crippen LogP contribution is -2.56. The molecule has 1 saturated heterocycles. The minimum Gasteiger partial charge on any atom is -0.496 e. The van der Waals surface area contributed by atoms with E-state index in [0.29, 0.717) is 36.7 Å². The first-order valence-corrected chi connectivity index (χ1v) is 9.57. The molecule has 2 amide bonds. The predicted octanol–water partition coefficient (Wildman–Crippen LogP) is 3.55. The Morgan fingerprint density at radius 1 is 1.11 bits per heavy atom. The van der Waals surface area contributed by atoms with Crippen molar-refractivity contribution in [2.75, 3.05) is 33.9 Å². The van der Waals surface area contributed by atoms with Crippen molar-refractivity contribution in [3.05, 3.63) is 22.2 Å². The standard InChI is InChI=1S/C19H27BrN2O5/c1-12-11-21(18(24)27-19(2,3)4)7-8-22(12)17(23)16-14(25-5)9-13(20)10-15(16)26-6/h9-10,12H,7-8,11H2,1-6H3/t12-/m0/s1. The minimum atomic E-state index is -0.550. The topological polar surface area (TPSA) is 68.3 Å². The van der Waals surface area contributed by atoms with Crippen LogP contribution in [0.4, 0.5) is 4.79 Å². The second-order valence-corrected chi connectivity index (χ2v) is 8.37. The Morgan fingerprint density at radius 3 is 2.11 bits per heavy atom. The Balaban J connectivity index is 2.19. The number of hydrogen-bond donors (Lipinski definition) is 0. The normalized spacial score (nSPS) is 17.5. The number of carbonyl (C=O) groups is 2. The third-order valence-corrected chi connectivity index (χ3v) is 4.68. The first-order chi connectivity index (χ1) is 12.6. The van der Waals surface area contributed by atoms with Gasteiger partial charge in [0.2, 0.25) is 0 Å². The molecule has 150 valence electrons. The summed E-state index contributed by atoms with van der Waals surface area (Å²) in [6.45, 7) is 8.63. The highest BCUT2D eigenvalue weighted by Gasteiger charge is 2.34. The molecule has 1 aromatic rings. The fourth-order valence-electron chi connectivity index (χ4n) is 2.99. The molecule has 1 aliphatic heterocycles. The maximum absolute atomic E-state index is 13.2. The number of rotatable bonds is 3. The SMILES string of the molecule is COc1cc(Br)cc(OC)c1C(=O)N1CCN(C(=O)OC(C)(C)C)C[C@@H]1C. The summed E-state index contributed by atoms with van der Waals surface area (Å²) in [6, 6.07) is 3.30. The van der Waals surface area contributed by atoms with E-state index in [0.717, 1.165) is 4.47 Å². The fourth-order valence-corrected chi connectivity index (χ4v) is 3.40. The quantitative estimate of drug-likeness (QED) is 0.715. The fraction of sp³-hybridized carbons (Fsp3) is 0.579. The average Bonchev–Trinajstić information content (AvgIpc) is 2.58. The van der Waals surface area contributed by atoms with Gasteiger partial charge in [0, 0.05) is 30.1 Å². The number of benzene rings is 1. The number of halogens is 1. The number of hydrogen-bond acceptors (Lipinski definition) is 5. The Labute approximate surface area is 168 Å². The molecule has 0 aliphatic carbocycles. The van der Waals surface area contributed by atoms with Gasteiger partial charge in [0.15, 0.2) is 0 Å². The number of ether oxygens (including phenoxy) is 3. The highest BCUT2D eigenvalue weighted by molar-refractivity contribution is 9.10. The highest BCUT2D eigenvalue weighted by Crippen LogP contribution is 2.34. The van der Waals surface area contributed by atoms with E-state index in [-0.39, 0.29) is 18.0 Å². The molecule has 1 atom stereocenters. The Bertz CT molecular complexity index is 692. The molecule has 2 rings (SSSR count). The van der Waals surface area contributed by atoms with Crippen LogP contribution in [0, 0.1) is 0 Å². The van der Waals surface area contributed by atoms with Crippen molar-refractivity contribution in [2.24, 2.45) is 0 Å². The lowest BCUT2D eigenvalue weighted by atomic mass is 10.1. The zero-order valence-electron chi connectivity index (χ0n) is 16.7. The van der Waals surface area contributed by atoms with Crippen molar-refractivity contribution in [1.29, 1.82) is 0 Å². The van der Waals surface area contributed by atoms with Gasteiger partial charge in [-0.05, 0) is 39.8 Å². The minimum absolute atomic E-state index is 0.170. The lowest BCUT2D eigenvalue weighted by molar-refractivity contribution is 0.00604. The summed E-state index contributed by atoms with van der Waals surface area (Å²) >= 11 is 3.39. The molecular formula is C19H27BrN2O5. The van der Waals surface area contributed by atoms with E-state index >= 15 is 0 Å². The van der Waals surface area contributed by atoms with Gasteiger partial charge in [0.05, 0.1) is 14.2 Å². The molecule has 1 heterocycles. The number of methoxy groups -OCH3 is 2. The molecule has 7 nitrogen and oxygen atoms in total. The van der Waals surface area contributed by atoms with E-state index < -0.39 is 5.60 Å². The summed E-state index contributed by atoms with van der Waals surface area (Å²) < 4.78 is 17.0. The first kappa shape index (κ1) is 21.3. The van der Waals surface area contributed by atoms with E-state index in [1.54, 1.807) is 21.9 Å². The van der Waals surface area contributed by atoms with Gasteiger partial charge in [0.25, 0.3) is 5.91 Å². The summed E-state index contributed by atoms with van der Waals surface area (Å²) in [4.78, 5) is 28.9. The molecule has 8 heteroatoms. The van der Waals surface area contributed by atoms with Gasteiger partial charge in [0.1, 0.15) is 22.7 Å². The van der Waals surface area contributed by atoms with Crippen LogP contribution in [0.1, 0.15) is 38.1 Å². The van der Waals surface area contributed by atoms with Crippen LogP contribution in [0.25, 0.3) is 0 Å². The smallest absolute Gasteiger partial charge is 0.410 e. The monoisotopic (exact) mass is 442 g/mol. The lowest BCUT2D eigenvalue weighted by Gasteiger charge is -2.40. The molecule has 0 aromatic heterocycles. The summed E-state index contributed by atoms with van der Waals surface area (Å²) in [5.41, 5.74) is -0.174. The first-order valence-electron chi connectivity index (χ1n) is 8.77. The van der Waals surface area contributed by atoms with Crippen LogP contribution in [0.15, 0.2) is 16.6 Å². The summed E-state index contributed by atoms with van der Waals surface area (Å²) in [6.07, 6.45) is -0.361. The molecular weight excluding hydrogens is 416 g/mol. The maximum atomic E-state index is 13.2. The van der Waals surface area contributed by atoms with Crippen LogP contribution in [0.2, 0.25) is 0 Å². The van der Waals surface area contributed by atoms with Gasteiger partial charge < -0.3 is 24.0 Å². The zero-order chi connectivity index (χ0) is 20.4. The maximum Gasteiger partial charge on any atom is 0.410 e. The van der Waals surface area contributed by atoms with Crippen molar-refractivity contribution < 1.29 is 23.8 Å². The summed E-state index contributed by atoms with van der Waals surface area (Å²) in [5.74, 6) is 0.688. The van der Waals surface area contributed by atoms with E-state index in [9.17, 15) is 9.59 Å². The van der Waals surface area contributed by atoms with Gasteiger partial charge in [-0.3, -0.25) is 4.79 Å². The Kier molecular flexibility index (Phi) is 6.62. The molecule has 0 N–H and O–H groups in total. The molecule has 0 spiro atoms. The predicted molar refractivity (Wildman–Crippen MR) is 106 cm³/mol. The largest absolute Gasteiger partial charge is 0.496 e. The number of amides is 2. The van der Waals surface area contributed by atoms with Crippen LogP contribution in [-0.2, 0) is 4.74 Å². The summed E-state index contributed by atoms with van der Waals surface area (Å²) in [7, 11) is 3.03. The third kappa shape index (κ3) is 5.06. The van der Waals surface area contributed by atoms with Crippen LogP contribution >= 0.6 is 15.9 Å². The molecule has 1 aliphatic rings. The van der Waals surface area contributed by atoms with Crippen LogP contribution < -0.4 is 9.47 Å². The number of nitrogens with zero attached hydrogens (tertiary/aromatic N) is 2. The van der Waals surface area contributed by atoms with Crippen molar-refractivity contribution >= 4 is 27.9 Å². The van der Waals surface area contributed by atoms with Crippen LogP contribution in [0.5, 0.6) is 11.5 Å². The number of carbonyl (C=O) groups excluding carboxylic acids is 2. The second-order valence-electron chi connectivity index (χ2n) is 7.46. The molecule has 0 unspecified atom stereocenters. The van der Waals surface area contributed by atoms with E-state index in [2.05, 4.69) is 15.9 Å². The van der Waals surface area contributed by atoms with Gasteiger partial charge in [-0.2, -0.15) is 0 Å². The average molecular weight is 443 g/mol. The van der Waals surface area contributed by atoms with Crippen LogP contribution in [0.3, 0.4) is 0 Å². The molecule has 27 heavy (non-hydrogen) atoms. The Hall–Kier alpha value is -1.96. The third-order valence-electron chi connectivity index (χ3n) is 4.22. The highest BCUT2D eigenvalue weighted by atomic mass is 79.9. The van der Waals surface area contributed by atoms with Crippen molar-refractivity contribution in [1.82, 2.24) is 9.80 Å². The molecule has 0 bridgehead atoms. The zero-order valence-corrected chi connectivity index (χ0v) is 18.3. The van der Waals surface area contributed by atoms with E-state index in [1.165, 1.54) is 14.2 Å². The van der Waals surface area contributed by atoms with Crippen molar-refractivity contribution in [2.45, 2.75) is 39.3 Å². The van der Waals surface area contributed by atoms with Gasteiger partial charge >= 0.3 is 6.09 Å². The summed E-state index contributed by atoms with van der Waals surface area (Å²) in [5, 5.41) is 0. The molecule has 1 aromatic carbocycles. The number of piperazine rings is 1. The van der Waals surface area contributed by atoms with Gasteiger partial charge in [-0.25, -0.2) is 4.79 Å². The van der Waals surface area contributed by atoms with Crippen LogP contribution in [-0.4, -0.2) is 67.3 Å². The van der Waals surface area contributed by atoms with Gasteiger partial charge in [-0.15, -0.1) is 0 Å². The molecule has 0 radical (unpaired) electrons. The van der Waals surface area contributed by atoms with Crippen molar-refractivity contribution in [3.63, 3.8) is 0 Å². The second kappa shape index (κ2) is 8.37. The molecule has 0 saturated carbocycles. The van der Waals surface area contributed by atoms with Gasteiger partial charge in [-0.1, -0.05) is 15.9 Å². The van der Waals surface area contributed by atoms with E-state index in [1.807, 2.05) is 27.7 Å². The van der Waals surface area contributed by atoms with E-state index in [4.69, 9.17) is 14.2 Å².